The van der Waals surface area contributed by atoms with Crippen molar-refractivity contribution >= 4 is 5.84 Å². The van der Waals surface area contributed by atoms with Crippen molar-refractivity contribution in [2.75, 3.05) is 0 Å². The first-order valence-corrected chi connectivity index (χ1v) is 1.69. The van der Waals surface area contributed by atoms with E-state index in [1.54, 1.807) is 0 Å². The number of hydrogen-bond donors (Lipinski definition) is 1. The highest BCUT2D eigenvalue weighted by atomic mass is 15.5. The molecule has 2 heteroatoms. The van der Waals surface area contributed by atoms with E-state index in [1.165, 1.54) is 0 Å². The molecule has 6 heavy (non-hydrogen) atoms. The van der Waals surface area contributed by atoms with Gasteiger partial charge in [-0.3, -0.25) is 5.43 Å². The lowest BCUT2D eigenvalue weighted by Crippen LogP contribution is -1.87. The van der Waals surface area contributed by atoms with Gasteiger partial charge >= 0.3 is 0 Å². The molecule has 1 aliphatic rings. The molecule has 0 saturated carbocycles. The number of terminal acetylenes is 1. The summed E-state index contributed by atoms with van der Waals surface area (Å²) < 4.78 is 0. The molecule has 0 atom stereocenters. The lowest BCUT2D eigenvalue weighted by molar-refractivity contribution is 1.25. The van der Waals surface area contributed by atoms with E-state index in [1.807, 2.05) is 0 Å². The molecule has 0 unspecified atom stereocenters. The zero-order valence-corrected chi connectivity index (χ0v) is 3.23. The van der Waals surface area contributed by atoms with Crippen molar-refractivity contribution in [3.05, 3.63) is 0 Å². The molecule has 0 aromatic rings. The second-order valence-electron chi connectivity index (χ2n) is 1.05. The van der Waals surface area contributed by atoms with Crippen LogP contribution in [0.5, 0.6) is 0 Å². The molecule has 0 fully saturated rings. The van der Waals surface area contributed by atoms with Crippen LogP contribution in [0.1, 0.15) is 6.42 Å². The van der Waals surface area contributed by atoms with Gasteiger partial charge in [0.25, 0.3) is 0 Å². The molecule has 1 aliphatic heterocycles. The van der Waals surface area contributed by atoms with Gasteiger partial charge in [-0.05, 0) is 0 Å². The molecular weight excluding hydrogens is 76.1 g/mol. The summed E-state index contributed by atoms with van der Waals surface area (Å²) in [4.78, 5) is 0. The first-order valence-electron chi connectivity index (χ1n) is 1.69. The molecule has 0 saturated heterocycles. The van der Waals surface area contributed by atoms with Crippen LogP contribution in [0.25, 0.3) is 0 Å². The van der Waals surface area contributed by atoms with Crippen molar-refractivity contribution in [2.24, 2.45) is 5.10 Å². The Morgan fingerprint density at radius 3 is 2.83 bits per heavy atom. The van der Waals surface area contributed by atoms with Crippen molar-refractivity contribution in [1.82, 2.24) is 5.43 Å². The average Bonchev–Trinajstić information content (AvgIpc) is 2.21. The van der Waals surface area contributed by atoms with Gasteiger partial charge in [-0.25, -0.2) is 0 Å². The van der Waals surface area contributed by atoms with Crippen LogP contribution >= 0.6 is 0 Å². The van der Waals surface area contributed by atoms with Crippen LogP contribution in [-0.2, 0) is 0 Å². The first kappa shape index (κ1) is 3.23. The minimum absolute atomic E-state index is 0.653. The third-order valence-electron chi connectivity index (χ3n) is 0.539. The van der Waals surface area contributed by atoms with E-state index in [-0.39, 0.29) is 0 Å². The monoisotopic (exact) mass is 80.0 g/mol. The fourth-order valence-electron chi connectivity index (χ4n) is 0.215. The molecule has 0 bridgehead atoms. The molecular formula is C4H4N2. The van der Waals surface area contributed by atoms with Gasteiger partial charge in [0, 0.05) is 0 Å². The minimum atomic E-state index is 0.653. The quantitative estimate of drug-likeness (QED) is 0.439. The van der Waals surface area contributed by atoms with E-state index in [9.17, 15) is 0 Å². The first-order chi connectivity index (χ1) is 2.93. The summed E-state index contributed by atoms with van der Waals surface area (Å²) in [5, 5.41) is 3.62. The number of rotatable bonds is 1. The summed E-state index contributed by atoms with van der Waals surface area (Å²) in [6.45, 7) is 0. The molecule has 0 aromatic heterocycles. The maximum atomic E-state index is 4.90. The van der Waals surface area contributed by atoms with E-state index < -0.39 is 0 Å². The lowest BCUT2D eigenvalue weighted by Gasteiger charge is -1.63. The Hall–Kier alpha value is -0.970. The molecule has 1 N–H and O–H groups in total. The summed E-state index contributed by atoms with van der Waals surface area (Å²) in [6.07, 6.45) is 5.55. The SMILES string of the molecule is C#CCC1=NN1. The van der Waals surface area contributed by atoms with Crippen LogP contribution < -0.4 is 5.43 Å². The van der Waals surface area contributed by atoms with Gasteiger partial charge in [0.2, 0.25) is 0 Å². The van der Waals surface area contributed by atoms with Crippen LogP contribution in [0.3, 0.4) is 0 Å². The third-order valence-corrected chi connectivity index (χ3v) is 0.539. The lowest BCUT2D eigenvalue weighted by atomic mass is 10.5. The number of hydrazone groups is 1. The van der Waals surface area contributed by atoms with Gasteiger partial charge in [-0.2, -0.15) is 5.10 Å². The Morgan fingerprint density at radius 1 is 2.00 bits per heavy atom. The minimum Gasteiger partial charge on any atom is -0.261 e. The third kappa shape index (κ3) is 0.494. The van der Waals surface area contributed by atoms with E-state index in [0.29, 0.717) is 6.42 Å². The van der Waals surface area contributed by atoms with E-state index in [0.717, 1.165) is 5.84 Å². The van der Waals surface area contributed by atoms with Crippen molar-refractivity contribution in [3.63, 3.8) is 0 Å². The maximum Gasteiger partial charge on any atom is 0.154 e. The average molecular weight is 80.1 g/mol. The highest BCUT2D eigenvalue weighted by molar-refractivity contribution is 5.92. The zero-order valence-electron chi connectivity index (χ0n) is 3.23. The van der Waals surface area contributed by atoms with Gasteiger partial charge in [0.05, 0.1) is 6.42 Å². The molecule has 1 rings (SSSR count). The zero-order chi connectivity index (χ0) is 4.41. The standard InChI is InChI=1S/C4H4N2/c1-2-3-4-5-6-4/h1H,3H2,(H,5,6). The predicted molar refractivity (Wildman–Crippen MR) is 24.0 cm³/mol. The van der Waals surface area contributed by atoms with Gasteiger partial charge in [-0.15, -0.1) is 6.42 Å². The number of nitrogens with one attached hydrogen (secondary N) is 1. The second kappa shape index (κ2) is 1.02. The Kier molecular flexibility index (Phi) is 0.548. The fraction of sp³-hybridized carbons (Fsp3) is 0.250. The molecule has 0 aliphatic carbocycles. The Balaban J connectivity index is 2.22. The summed E-state index contributed by atoms with van der Waals surface area (Å²) >= 11 is 0. The number of nitrogens with zero attached hydrogens (tertiary/aromatic N) is 1. The molecule has 0 aromatic carbocycles. The van der Waals surface area contributed by atoms with Crippen LogP contribution in [0, 0.1) is 12.3 Å². The number of hydrogen-bond acceptors (Lipinski definition) is 2. The number of amidine groups is 1. The van der Waals surface area contributed by atoms with E-state index in [2.05, 4.69) is 16.4 Å². The predicted octanol–water partition coefficient (Wildman–Crippen LogP) is -0.0736. The normalized spacial score (nSPS) is 14.2. The summed E-state index contributed by atoms with van der Waals surface area (Å²) in [5.74, 6) is 3.36. The van der Waals surface area contributed by atoms with Crippen molar-refractivity contribution < 1.29 is 0 Å². The summed E-state index contributed by atoms with van der Waals surface area (Å²) in [7, 11) is 0. The Bertz CT molecular complexity index is 118. The van der Waals surface area contributed by atoms with Crippen LogP contribution in [0.2, 0.25) is 0 Å². The van der Waals surface area contributed by atoms with Crippen molar-refractivity contribution in [3.8, 4) is 12.3 Å². The largest absolute Gasteiger partial charge is 0.261 e. The van der Waals surface area contributed by atoms with E-state index in [4.69, 9.17) is 6.42 Å². The summed E-state index contributed by atoms with van der Waals surface area (Å²) in [6, 6.07) is 0. The van der Waals surface area contributed by atoms with Crippen LogP contribution in [0.4, 0.5) is 0 Å². The van der Waals surface area contributed by atoms with Gasteiger partial charge in [0.15, 0.2) is 5.84 Å². The summed E-state index contributed by atoms with van der Waals surface area (Å²) in [5.41, 5.74) is 2.63. The highest BCUT2D eigenvalue weighted by Crippen LogP contribution is 1.89. The van der Waals surface area contributed by atoms with Gasteiger partial charge < -0.3 is 0 Å². The molecule has 1 heterocycles. The molecule has 0 radical (unpaired) electrons. The Morgan fingerprint density at radius 2 is 2.67 bits per heavy atom. The van der Waals surface area contributed by atoms with E-state index >= 15 is 0 Å². The molecule has 0 spiro atoms. The van der Waals surface area contributed by atoms with Crippen LogP contribution in [0.15, 0.2) is 5.10 Å². The fourth-order valence-corrected chi connectivity index (χ4v) is 0.215. The smallest absolute Gasteiger partial charge is 0.154 e. The molecule has 0 amide bonds. The highest BCUT2D eigenvalue weighted by Gasteiger charge is 2.03. The topological polar surface area (TPSA) is 34.3 Å². The van der Waals surface area contributed by atoms with Crippen molar-refractivity contribution in [2.45, 2.75) is 6.42 Å². The molecule has 2 nitrogen and oxygen atoms in total. The van der Waals surface area contributed by atoms with Crippen molar-refractivity contribution in [1.29, 1.82) is 0 Å². The van der Waals surface area contributed by atoms with Crippen LogP contribution in [-0.4, -0.2) is 5.84 Å². The van der Waals surface area contributed by atoms with Gasteiger partial charge in [0.1, 0.15) is 0 Å². The second-order valence-corrected chi connectivity index (χ2v) is 1.05. The molecule has 30 valence electrons. The maximum absolute atomic E-state index is 4.90. The van der Waals surface area contributed by atoms with Gasteiger partial charge in [-0.1, -0.05) is 5.92 Å². The Labute approximate surface area is 36.2 Å².